The standard InChI is InChI=1S/C12H21F3N2O2.H2/c1-11(2,3)19-10(18)17-9-5-4-8(6-9)16-7-12(13,14)15;/h8-9,16H,4-7H2,1-3H3,(H,17,18);1H/t8-,9?;/m1./s1. The SMILES string of the molecule is CC(C)(C)OC(=O)NC1CC[C@@H](NCC(F)(F)F)C1.[HH]. The molecule has 114 valence electrons. The van der Waals surface area contributed by atoms with Crippen LogP contribution < -0.4 is 10.6 Å². The first-order valence-electron chi connectivity index (χ1n) is 6.35. The van der Waals surface area contributed by atoms with Gasteiger partial charge in [-0.3, -0.25) is 0 Å². The summed E-state index contributed by atoms with van der Waals surface area (Å²) in [5.41, 5.74) is -0.573. The highest BCUT2D eigenvalue weighted by atomic mass is 19.4. The molecule has 7 heteroatoms. The van der Waals surface area contributed by atoms with E-state index >= 15 is 0 Å². The Morgan fingerprint density at radius 1 is 1.26 bits per heavy atom. The highest BCUT2D eigenvalue weighted by molar-refractivity contribution is 5.68. The van der Waals surface area contributed by atoms with Gasteiger partial charge in [-0.25, -0.2) is 4.79 Å². The first-order valence-corrected chi connectivity index (χ1v) is 6.35. The van der Waals surface area contributed by atoms with Gasteiger partial charge in [-0.2, -0.15) is 13.2 Å². The lowest BCUT2D eigenvalue weighted by atomic mass is 10.2. The molecule has 0 aromatic carbocycles. The molecule has 0 bridgehead atoms. The Labute approximate surface area is 112 Å². The summed E-state index contributed by atoms with van der Waals surface area (Å²) < 4.78 is 41.2. The molecule has 2 atom stereocenters. The fraction of sp³-hybridized carbons (Fsp3) is 0.917. The molecule has 4 nitrogen and oxygen atoms in total. The Kier molecular flexibility index (Phi) is 5.06. The number of carbonyl (C=O) groups is 1. The van der Waals surface area contributed by atoms with Gasteiger partial charge in [0.2, 0.25) is 0 Å². The molecule has 0 spiro atoms. The lowest BCUT2D eigenvalue weighted by molar-refractivity contribution is -0.126. The number of ether oxygens (including phenoxy) is 1. The highest BCUT2D eigenvalue weighted by Gasteiger charge is 2.32. The van der Waals surface area contributed by atoms with Crippen LogP contribution in [0.4, 0.5) is 18.0 Å². The number of halogens is 3. The summed E-state index contributed by atoms with van der Waals surface area (Å²) in [5.74, 6) is 0. The van der Waals surface area contributed by atoms with Gasteiger partial charge in [-0.05, 0) is 40.0 Å². The Morgan fingerprint density at radius 3 is 2.37 bits per heavy atom. The molecule has 0 saturated heterocycles. The Bertz CT molecular complexity index is 319. The summed E-state index contributed by atoms with van der Waals surface area (Å²) in [5, 5.41) is 5.14. The van der Waals surface area contributed by atoms with Crippen LogP contribution in [0.25, 0.3) is 0 Å². The zero-order valence-corrected chi connectivity index (χ0v) is 11.4. The van der Waals surface area contributed by atoms with Gasteiger partial charge in [0, 0.05) is 13.5 Å². The number of alkyl halides is 3. The van der Waals surface area contributed by atoms with Gasteiger partial charge in [0.1, 0.15) is 5.60 Å². The maximum Gasteiger partial charge on any atom is 0.407 e. The van der Waals surface area contributed by atoms with E-state index in [1.165, 1.54) is 0 Å². The van der Waals surface area contributed by atoms with Gasteiger partial charge in [0.15, 0.2) is 0 Å². The molecule has 0 aliphatic heterocycles. The predicted octanol–water partition coefficient (Wildman–Crippen LogP) is 2.83. The van der Waals surface area contributed by atoms with Gasteiger partial charge >= 0.3 is 12.3 Å². The molecule has 0 aromatic heterocycles. The molecule has 2 N–H and O–H groups in total. The highest BCUT2D eigenvalue weighted by Crippen LogP contribution is 2.21. The minimum atomic E-state index is -4.20. The lowest BCUT2D eigenvalue weighted by Crippen LogP contribution is -2.40. The van der Waals surface area contributed by atoms with Crippen molar-refractivity contribution in [3.63, 3.8) is 0 Å². The van der Waals surface area contributed by atoms with E-state index in [9.17, 15) is 18.0 Å². The van der Waals surface area contributed by atoms with E-state index in [2.05, 4.69) is 10.6 Å². The van der Waals surface area contributed by atoms with E-state index in [0.717, 1.165) is 0 Å². The fourth-order valence-corrected chi connectivity index (χ4v) is 2.03. The van der Waals surface area contributed by atoms with Crippen molar-refractivity contribution in [1.29, 1.82) is 0 Å². The van der Waals surface area contributed by atoms with E-state index in [1.54, 1.807) is 20.8 Å². The largest absolute Gasteiger partial charge is 0.444 e. The van der Waals surface area contributed by atoms with Crippen molar-refractivity contribution >= 4 is 6.09 Å². The van der Waals surface area contributed by atoms with Crippen LogP contribution >= 0.6 is 0 Å². The Balaban J connectivity index is 0.00000361. The predicted molar refractivity (Wildman–Crippen MR) is 67.0 cm³/mol. The van der Waals surface area contributed by atoms with E-state index in [1.807, 2.05) is 0 Å². The molecule has 1 amide bonds. The fourth-order valence-electron chi connectivity index (χ4n) is 2.03. The van der Waals surface area contributed by atoms with Gasteiger partial charge in [-0.15, -0.1) is 0 Å². The third-order valence-electron chi connectivity index (χ3n) is 2.74. The molecule has 1 aliphatic rings. The molecular formula is C12H23F3N2O2. The van der Waals surface area contributed by atoms with Crippen LogP contribution in [0.5, 0.6) is 0 Å². The number of hydrogen-bond acceptors (Lipinski definition) is 3. The molecule has 0 radical (unpaired) electrons. The van der Waals surface area contributed by atoms with Crippen molar-refractivity contribution in [3.05, 3.63) is 0 Å². The Hall–Kier alpha value is -0.980. The van der Waals surface area contributed by atoms with Gasteiger partial charge in [0.05, 0.1) is 6.54 Å². The summed E-state index contributed by atoms with van der Waals surface area (Å²) in [6.45, 7) is 4.29. The van der Waals surface area contributed by atoms with Crippen molar-refractivity contribution in [2.45, 2.75) is 63.9 Å². The number of nitrogens with one attached hydrogen (secondary N) is 2. The molecule has 0 heterocycles. The summed E-state index contributed by atoms with van der Waals surface area (Å²) in [7, 11) is 0. The van der Waals surface area contributed by atoms with Crippen molar-refractivity contribution in [2.24, 2.45) is 0 Å². The number of rotatable bonds is 3. The first kappa shape index (κ1) is 16.1. The molecule has 0 aromatic rings. The van der Waals surface area contributed by atoms with Crippen molar-refractivity contribution in [1.82, 2.24) is 10.6 Å². The maximum absolute atomic E-state index is 12.0. The monoisotopic (exact) mass is 284 g/mol. The normalized spacial score (nSPS) is 24.3. The quantitative estimate of drug-likeness (QED) is 0.838. The van der Waals surface area contributed by atoms with Crippen molar-refractivity contribution in [3.8, 4) is 0 Å². The van der Waals surface area contributed by atoms with E-state index in [4.69, 9.17) is 4.74 Å². The second kappa shape index (κ2) is 5.98. The molecule has 1 unspecified atom stereocenters. The van der Waals surface area contributed by atoms with E-state index in [-0.39, 0.29) is 13.5 Å². The zero-order valence-electron chi connectivity index (χ0n) is 11.4. The number of carbonyl (C=O) groups excluding carboxylic acids is 1. The van der Waals surface area contributed by atoms with Crippen LogP contribution in [-0.4, -0.2) is 36.5 Å². The van der Waals surface area contributed by atoms with E-state index < -0.39 is 24.4 Å². The van der Waals surface area contributed by atoms with Crippen LogP contribution in [0.15, 0.2) is 0 Å². The van der Waals surface area contributed by atoms with Crippen LogP contribution in [0.2, 0.25) is 0 Å². The van der Waals surface area contributed by atoms with E-state index in [0.29, 0.717) is 19.3 Å². The van der Waals surface area contributed by atoms with Crippen LogP contribution in [0, 0.1) is 0 Å². The maximum atomic E-state index is 12.0. The average molecular weight is 284 g/mol. The number of amides is 1. The Morgan fingerprint density at radius 2 is 1.84 bits per heavy atom. The number of hydrogen-bond donors (Lipinski definition) is 2. The zero-order chi connectivity index (χ0) is 14.7. The third-order valence-corrected chi connectivity index (χ3v) is 2.74. The molecule has 1 aliphatic carbocycles. The van der Waals surface area contributed by atoms with Gasteiger partial charge in [0.25, 0.3) is 0 Å². The molecule has 1 saturated carbocycles. The molecule has 1 rings (SSSR count). The first-order chi connectivity index (χ1) is 8.55. The van der Waals surface area contributed by atoms with Crippen molar-refractivity contribution < 1.29 is 24.1 Å². The average Bonchev–Trinajstić information content (AvgIpc) is 2.58. The molecule has 1 fully saturated rings. The summed E-state index contributed by atoms with van der Waals surface area (Å²) >= 11 is 0. The summed E-state index contributed by atoms with van der Waals surface area (Å²) in [6.07, 6.45) is -2.94. The summed E-state index contributed by atoms with van der Waals surface area (Å²) in [6, 6.07) is -0.331. The van der Waals surface area contributed by atoms with Crippen molar-refractivity contribution in [2.75, 3.05) is 6.54 Å². The van der Waals surface area contributed by atoms with Gasteiger partial charge in [-0.1, -0.05) is 0 Å². The smallest absolute Gasteiger partial charge is 0.407 e. The van der Waals surface area contributed by atoms with Gasteiger partial charge < -0.3 is 15.4 Å². The summed E-state index contributed by atoms with van der Waals surface area (Å²) in [4.78, 5) is 11.5. The lowest BCUT2D eigenvalue weighted by Gasteiger charge is -2.22. The third kappa shape index (κ3) is 7.25. The molecular weight excluding hydrogens is 261 g/mol. The van der Waals surface area contributed by atoms with Crippen LogP contribution in [-0.2, 0) is 4.74 Å². The number of alkyl carbamates (subject to hydrolysis) is 1. The van der Waals surface area contributed by atoms with Crippen LogP contribution in [0.1, 0.15) is 41.5 Å². The molecule has 19 heavy (non-hydrogen) atoms. The minimum absolute atomic E-state index is 0. The topological polar surface area (TPSA) is 50.4 Å². The second-order valence-electron chi connectivity index (χ2n) is 5.85. The minimum Gasteiger partial charge on any atom is -0.444 e. The second-order valence-corrected chi connectivity index (χ2v) is 5.85. The van der Waals surface area contributed by atoms with Crippen LogP contribution in [0.3, 0.4) is 0 Å².